The van der Waals surface area contributed by atoms with Crippen molar-refractivity contribution in [2.24, 2.45) is 0 Å². The second-order valence-corrected chi connectivity index (χ2v) is 5.07. The standard InChI is InChI=1S/C18H16N6/c19-12-15(16-5-1-2-9-21-16)17-7-11-23-18(24-17)22-10-6-14-4-3-8-20-13-14/h1-5,7-9,11,13,21H,6,10H2,(H,22,23,24)/b16-15-. The van der Waals surface area contributed by atoms with Gasteiger partial charge in [-0.25, -0.2) is 9.97 Å². The fourth-order valence-corrected chi connectivity index (χ4v) is 2.25. The van der Waals surface area contributed by atoms with Crippen molar-refractivity contribution in [2.75, 3.05) is 11.9 Å². The van der Waals surface area contributed by atoms with E-state index >= 15 is 0 Å². The lowest BCUT2D eigenvalue weighted by Gasteiger charge is -2.10. The number of aromatic nitrogens is 3. The number of hydrogen-bond donors (Lipinski definition) is 2. The monoisotopic (exact) mass is 316 g/mol. The summed E-state index contributed by atoms with van der Waals surface area (Å²) in [6, 6.07) is 7.87. The summed E-state index contributed by atoms with van der Waals surface area (Å²) < 4.78 is 0. The van der Waals surface area contributed by atoms with Crippen molar-refractivity contribution in [2.45, 2.75) is 6.42 Å². The Morgan fingerprint density at radius 1 is 1.25 bits per heavy atom. The molecule has 1 aliphatic heterocycles. The number of dihydropyridines is 1. The van der Waals surface area contributed by atoms with E-state index in [1.54, 1.807) is 24.7 Å². The highest BCUT2D eigenvalue weighted by molar-refractivity contribution is 5.79. The van der Waals surface area contributed by atoms with Crippen molar-refractivity contribution in [1.82, 2.24) is 20.3 Å². The van der Waals surface area contributed by atoms with Crippen molar-refractivity contribution < 1.29 is 0 Å². The molecule has 3 rings (SSSR count). The van der Waals surface area contributed by atoms with Gasteiger partial charge in [-0.05, 0) is 36.3 Å². The summed E-state index contributed by atoms with van der Waals surface area (Å²) in [5, 5.41) is 15.7. The number of rotatable bonds is 5. The lowest BCUT2D eigenvalue weighted by molar-refractivity contribution is 0.971. The highest BCUT2D eigenvalue weighted by Crippen LogP contribution is 2.17. The van der Waals surface area contributed by atoms with Gasteiger partial charge in [-0.2, -0.15) is 5.26 Å². The highest BCUT2D eigenvalue weighted by Gasteiger charge is 2.10. The van der Waals surface area contributed by atoms with E-state index in [0.29, 0.717) is 23.8 Å². The Balaban J connectivity index is 1.71. The molecule has 0 unspecified atom stereocenters. The van der Waals surface area contributed by atoms with Crippen LogP contribution in [0.2, 0.25) is 0 Å². The Kier molecular flexibility index (Phi) is 4.95. The molecule has 6 heteroatoms. The molecule has 0 aliphatic carbocycles. The van der Waals surface area contributed by atoms with Gasteiger partial charge in [0.1, 0.15) is 11.6 Å². The second kappa shape index (κ2) is 7.70. The molecule has 0 aromatic carbocycles. The van der Waals surface area contributed by atoms with Gasteiger partial charge in [0.05, 0.1) is 11.4 Å². The molecule has 0 bridgehead atoms. The van der Waals surface area contributed by atoms with Crippen LogP contribution in [-0.4, -0.2) is 21.5 Å². The Morgan fingerprint density at radius 2 is 2.21 bits per heavy atom. The van der Waals surface area contributed by atoms with E-state index in [1.807, 2.05) is 36.6 Å². The van der Waals surface area contributed by atoms with Crippen LogP contribution in [0.4, 0.5) is 5.95 Å². The first-order valence-corrected chi connectivity index (χ1v) is 7.57. The first kappa shape index (κ1) is 15.4. The van der Waals surface area contributed by atoms with Crippen molar-refractivity contribution in [3.05, 3.63) is 78.2 Å². The molecule has 0 atom stereocenters. The molecule has 1 aliphatic rings. The van der Waals surface area contributed by atoms with Crippen LogP contribution in [0.25, 0.3) is 5.57 Å². The number of anilines is 1. The van der Waals surface area contributed by atoms with E-state index in [2.05, 4.69) is 31.7 Å². The van der Waals surface area contributed by atoms with Crippen molar-refractivity contribution in [1.29, 1.82) is 5.26 Å². The van der Waals surface area contributed by atoms with Gasteiger partial charge in [0.25, 0.3) is 0 Å². The predicted octanol–water partition coefficient (Wildman–Crippen LogP) is 2.43. The van der Waals surface area contributed by atoms with Gasteiger partial charge in [0.15, 0.2) is 0 Å². The van der Waals surface area contributed by atoms with Gasteiger partial charge >= 0.3 is 0 Å². The van der Waals surface area contributed by atoms with E-state index in [-0.39, 0.29) is 0 Å². The zero-order valence-corrected chi connectivity index (χ0v) is 13.0. The van der Waals surface area contributed by atoms with E-state index in [0.717, 1.165) is 17.7 Å². The number of nitriles is 1. The minimum Gasteiger partial charge on any atom is -0.361 e. The van der Waals surface area contributed by atoms with Crippen molar-refractivity contribution in [3.8, 4) is 6.07 Å². The van der Waals surface area contributed by atoms with Gasteiger partial charge in [-0.15, -0.1) is 0 Å². The molecule has 118 valence electrons. The van der Waals surface area contributed by atoms with E-state index in [9.17, 15) is 5.26 Å². The van der Waals surface area contributed by atoms with E-state index in [4.69, 9.17) is 0 Å². The lowest BCUT2D eigenvalue weighted by Crippen LogP contribution is -2.11. The lowest BCUT2D eigenvalue weighted by atomic mass is 10.1. The first-order chi connectivity index (χ1) is 11.9. The number of nitrogens with zero attached hydrogens (tertiary/aromatic N) is 4. The smallest absolute Gasteiger partial charge is 0.223 e. The molecule has 6 nitrogen and oxygen atoms in total. The fourth-order valence-electron chi connectivity index (χ4n) is 2.25. The zero-order valence-electron chi connectivity index (χ0n) is 13.0. The first-order valence-electron chi connectivity index (χ1n) is 7.57. The van der Waals surface area contributed by atoms with Crippen LogP contribution < -0.4 is 10.6 Å². The van der Waals surface area contributed by atoms with Crippen LogP contribution in [-0.2, 0) is 6.42 Å². The maximum absolute atomic E-state index is 9.45. The minimum absolute atomic E-state index is 0.480. The normalized spacial score (nSPS) is 14.6. The molecule has 0 amide bonds. The maximum atomic E-state index is 9.45. The molecule has 0 radical (unpaired) electrons. The predicted molar refractivity (Wildman–Crippen MR) is 92.4 cm³/mol. The van der Waals surface area contributed by atoms with E-state index in [1.165, 1.54) is 0 Å². The van der Waals surface area contributed by atoms with Crippen LogP contribution in [0.5, 0.6) is 0 Å². The third kappa shape index (κ3) is 3.84. The van der Waals surface area contributed by atoms with Crippen molar-refractivity contribution in [3.63, 3.8) is 0 Å². The van der Waals surface area contributed by atoms with Gasteiger partial charge in [0.2, 0.25) is 5.95 Å². The molecule has 2 aromatic rings. The Labute approximate surface area is 140 Å². The molecule has 2 aromatic heterocycles. The quantitative estimate of drug-likeness (QED) is 0.824. The molecular weight excluding hydrogens is 300 g/mol. The molecule has 3 heterocycles. The largest absolute Gasteiger partial charge is 0.361 e. The summed E-state index contributed by atoms with van der Waals surface area (Å²) in [5.74, 6) is 0.500. The second-order valence-electron chi connectivity index (χ2n) is 5.07. The van der Waals surface area contributed by atoms with Crippen LogP contribution in [0.15, 0.2) is 66.9 Å². The van der Waals surface area contributed by atoms with Gasteiger partial charge < -0.3 is 10.6 Å². The fraction of sp³-hybridized carbons (Fsp3) is 0.111. The Hall–Kier alpha value is -3.46. The third-order valence-electron chi connectivity index (χ3n) is 3.42. The molecular formula is C18H16N6. The molecule has 0 saturated carbocycles. The number of pyridine rings is 1. The molecule has 0 spiro atoms. The number of allylic oxidation sites excluding steroid dienone is 4. The average Bonchev–Trinajstić information content (AvgIpc) is 2.65. The van der Waals surface area contributed by atoms with Crippen molar-refractivity contribution >= 4 is 11.5 Å². The van der Waals surface area contributed by atoms with E-state index < -0.39 is 0 Å². The number of hydrogen-bond acceptors (Lipinski definition) is 6. The summed E-state index contributed by atoms with van der Waals surface area (Å²) in [6.45, 7) is 0.689. The maximum Gasteiger partial charge on any atom is 0.223 e. The Bertz CT molecular complexity index is 830. The van der Waals surface area contributed by atoms with Gasteiger partial charge in [-0.1, -0.05) is 12.1 Å². The summed E-state index contributed by atoms with van der Waals surface area (Å²) in [7, 11) is 0. The summed E-state index contributed by atoms with van der Waals surface area (Å²) >= 11 is 0. The Morgan fingerprint density at radius 3 is 2.96 bits per heavy atom. The number of nitrogens with one attached hydrogen (secondary N) is 2. The molecule has 24 heavy (non-hydrogen) atoms. The van der Waals surface area contributed by atoms with Gasteiger partial charge in [0, 0.05) is 31.3 Å². The third-order valence-corrected chi connectivity index (χ3v) is 3.42. The molecule has 0 saturated heterocycles. The minimum atomic E-state index is 0.480. The van der Waals surface area contributed by atoms with Crippen LogP contribution in [0, 0.1) is 11.3 Å². The van der Waals surface area contributed by atoms with Crippen LogP contribution >= 0.6 is 0 Å². The zero-order chi connectivity index (χ0) is 16.6. The van der Waals surface area contributed by atoms with Gasteiger partial charge in [-0.3, -0.25) is 4.98 Å². The SMILES string of the molecule is N#C/C(=C1\C=CC=CN1)c1ccnc(NCCc2cccnc2)n1. The summed E-state index contributed by atoms with van der Waals surface area (Å²) in [6.07, 6.45) is 13.4. The molecule has 0 fully saturated rings. The van der Waals surface area contributed by atoms with Crippen LogP contribution in [0.3, 0.4) is 0 Å². The summed E-state index contributed by atoms with van der Waals surface area (Å²) in [4.78, 5) is 12.7. The van der Waals surface area contributed by atoms with Crippen LogP contribution in [0.1, 0.15) is 11.3 Å². The topological polar surface area (TPSA) is 86.5 Å². The summed E-state index contributed by atoms with van der Waals surface area (Å²) in [5.41, 5.74) is 2.93. The molecule has 2 N–H and O–H groups in total. The average molecular weight is 316 g/mol. The highest BCUT2D eigenvalue weighted by atomic mass is 15.1.